The Labute approximate surface area is 107 Å². The fourth-order valence-corrected chi connectivity index (χ4v) is 2.41. The van der Waals surface area contributed by atoms with Crippen molar-refractivity contribution in [1.82, 2.24) is 0 Å². The molecule has 2 rings (SSSR count). The van der Waals surface area contributed by atoms with Crippen LogP contribution >= 0.6 is 11.8 Å². The number of ketones is 2. The lowest BCUT2D eigenvalue weighted by molar-refractivity contribution is -0.114. The second-order valence-electron chi connectivity index (χ2n) is 3.51. The van der Waals surface area contributed by atoms with E-state index in [0.29, 0.717) is 4.90 Å². The average molecular weight is 260 g/mol. The first-order chi connectivity index (χ1) is 8.58. The quantitative estimate of drug-likeness (QED) is 0.842. The van der Waals surface area contributed by atoms with E-state index in [1.807, 2.05) is 0 Å². The summed E-state index contributed by atoms with van der Waals surface area (Å²) in [4.78, 5) is 34.4. The lowest BCUT2D eigenvalue weighted by Gasteiger charge is -2.08. The first-order valence-corrected chi connectivity index (χ1v) is 5.88. The fourth-order valence-electron chi connectivity index (χ4n) is 1.42. The molecule has 0 bridgehead atoms. The van der Waals surface area contributed by atoms with Crippen molar-refractivity contribution in [2.45, 2.75) is 4.90 Å². The van der Waals surface area contributed by atoms with Gasteiger partial charge in [0.25, 0.3) is 0 Å². The topological polar surface area (TPSA) is 71.4 Å². The summed E-state index contributed by atoms with van der Waals surface area (Å²) in [5, 5.41) is 9.01. The van der Waals surface area contributed by atoms with Crippen molar-refractivity contribution in [1.29, 1.82) is 0 Å². The van der Waals surface area contributed by atoms with Crippen molar-refractivity contribution >= 4 is 29.3 Å². The molecule has 0 atom stereocenters. The van der Waals surface area contributed by atoms with Gasteiger partial charge in [0.2, 0.25) is 0 Å². The van der Waals surface area contributed by atoms with Gasteiger partial charge in [0, 0.05) is 11.0 Å². The number of thioether (sulfide) groups is 1. The van der Waals surface area contributed by atoms with Crippen LogP contribution in [0.25, 0.3) is 0 Å². The smallest absolute Gasteiger partial charge is 0.336 e. The number of carbonyl (C=O) groups excluding carboxylic acids is 2. The van der Waals surface area contributed by atoms with Crippen molar-refractivity contribution in [3.05, 3.63) is 53.0 Å². The summed E-state index contributed by atoms with van der Waals surface area (Å²) < 4.78 is 0. The first kappa shape index (κ1) is 12.3. The van der Waals surface area contributed by atoms with Gasteiger partial charge < -0.3 is 5.11 Å². The third-order valence-corrected chi connectivity index (χ3v) is 3.37. The number of rotatable bonds is 3. The number of hydrogen-bond acceptors (Lipinski definition) is 4. The van der Waals surface area contributed by atoms with Crippen LogP contribution in [0.3, 0.4) is 0 Å². The molecule has 0 spiro atoms. The average Bonchev–Trinajstić information content (AvgIpc) is 2.34. The second-order valence-corrected chi connectivity index (χ2v) is 4.60. The van der Waals surface area contributed by atoms with Crippen LogP contribution in [0.5, 0.6) is 0 Å². The van der Waals surface area contributed by atoms with Gasteiger partial charge in [-0.25, -0.2) is 4.79 Å². The number of hydrogen-bond donors (Lipinski definition) is 1. The van der Waals surface area contributed by atoms with Crippen LogP contribution in [-0.4, -0.2) is 22.6 Å². The Morgan fingerprint density at radius 2 is 1.83 bits per heavy atom. The first-order valence-electron chi connectivity index (χ1n) is 5.06. The van der Waals surface area contributed by atoms with E-state index in [1.54, 1.807) is 18.2 Å². The lowest BCUT2D eigenvalue weighted by atomic mass is 10.2. The molecule has 1 aliphatic carbocycles. The monoisotopic (exact) mass is 260 g/mol. The highest BCUT2D eigenvalue weighted by atomic mass is 32.2. The molecule has 1 N–H and O–H groups in total. The van der Waals surface area contributed by atoms with Gasteiger partial charge in [-0.15, -0.1) is 0 Å². The van der Waals surface area contributed by atoms with Gasteiger partial charge in [-0.2, -0.15) is 0 Å². The van der Waals surface area contributed by atoms with Gasteiger partial charge in [-0.05, 0) is 24.3 Å². The van der Waals surface area contributed by atoms with Crippen molar-refractivity contribution in [2.24, 2.45) is 0 Å². The van der Waals surface area contributed by atoms with Gasteiger partial charge in [0.05, 0.1) is 10.5 Å². The highest BCUT2D eigenvalue weighted by molar-refractivity contribution is 8.04. The largest absolute Gasteiger partial charge is 0.478 e. The van der Waals surface area contributed by atoms with E-state index in [4.69, 9.17) is 5.11 Å². The zero-order valence-electron chi connectivity index (χ0n) is 9.12. The summed E-state index contributed by atoms with van der Waals surface area (Å²) in [7, 11) is 0. The number of allylic oxidation sites excluding steroid dienone is 4. The van der Waals surface area contributed by atoms with Crippen molar-refractivity contribution in [3.63, 3.8) is 0 Å². The molecule has 18 heavy (non-hydrogen) atoms. The summed E-state index contributed by atoms with van der Waals surface area (Å²) in [6.45, 7) is 0. The fraction of sp³-hybridized carbons (Fsp3) is 0. The minimum Gasteiger partial charge on any atom is -0.478 e. The Bertz CT molecular complexity index is 599. The molecule has 0 radical (unpaired) electrons. The number of carboxylic acid groups (broad SMARTS) is 1. The van der Waals surface area contributed by atoms with E-state index >= 15 is 0 Å². The van der Waals surface area contributed by atoms with Crippen LogP contribution in [0, 0.1) is 0 Å². The molecule has 5 heteroatoms. The Morgan fingerprint density at radius 1 is 1.11 bits per heavy atom. The molecule has 90 valence electrons. The predicted molar refractivity (Wildman–Crippen MR) is 66.5 cm³/mol. The lowest BCUT2D eigenvalue weighted by Crippen LogP contribution is -2.06. The number of aromatic carboxylic acids is 1. The molecule has 0 unspecified atom stereocenters. The minimum absolute atomic E-state index is 0.109. The summed E-state index contributed by atoms with van der Waals surface area (Å²) in [6, 6.07) is 6.34. The summed E-state index contributed by atoms with van der Waals surface area (Å²) in [6.07, 6.45) is 3.59. The molecule has 0 aromatic heterocycles. The minimum atomic E-state index is -1.07. The Kier molecular flexibility index (Phi) is 3.43. The van der Waals surface area contributed by atoms with Crippen LogP contribution in [0.1, 0.15) is 10.4 Å². The third-order valence-electron chi connectivity index (χ3n) is 2.25. The highest BCUT2D eigenvalue weighted by Gasteiger charge is 2.17. The van der Waals surface area contributed by atoms with Crippen LogP contribution in [0.4, 0.5) is 0 Å². The number of carboxylic acids is 1. The SMILES string of the molecule is O=C1C=CC(=O)C(Sc2ccccc2C(=O)O)=C1. The van der Waals surface area contributed by atoms with Gasteiger partial charge in [-0.1, -0.05) is 23.9 Å². The van der Waals surface area contributed by atoms with Crippen LogP contribution in [0.2, 0.25) is 0 Å². The maximum Gasteiger partial charge on any atom is 0.336 e. The van der Waals surface area contributed by atoms with E-state index in [2.05, 4.69) is 0 Å². The zero-order valence-corrected chi connectivity index (χ0v) is 9.94. The Hall–Kier alpha value is -2.14. The van der Waals surface area contributed by atoms with Gasteiger partial charge in [0.15, 0.2) is 11.6 Å². The molecule has 0 amide bonds. The third kappa shape index (κ3) is 2.57. The van der Waals surface area contributed by atoms with Crippen LogP contribution in [-0.2, 0) is 9.59 Å². The van der Waals surface area contributed by atoms with Gasteiger partial charge in [0.1, 0.15) is 0 Å². The summed E-state index contributed by atoms with van der Waals surface area (Å²) in [5.74, 6) is -1.63. The van der Waals surface area contributed by atoms with Gasteiger partial charge in [-0.3, -0.25) is 9.59 Å². The van der Waals surface area contributed by atoms with E-state index in [9.17, 15) is 14.4 Å². The van der Waals surface area contributed by atoms with E-state index in [0.717, 1.165) is 11.8 Å². The molecule has 4 nitrogen and oxygen atoms in total. The molecule has 1 aromatic carbocycles. The van der Waals surface area contributed by atoms with Crippen molar-refractivity contribution in [3.8, 4) is 0 Å². The molecule has 1 aliphatic rings. The van der Waals surface area contributed by atoms with Crippen LogP contribution < -0.4 is 0 Å². The standard InChI is InChI=1S/C13H8O4S/c14-8-5-6-10(15)12(7-8)18-11-4-2-1-3-9(11)13(16)17/h1-7H,(H,16,17). The predicted octanol–water partition coefficient (Wildman–Crippen LogP) is 2.07. The Morgan fingerprint density at radius 3 is 2.56 bits per heavy atom. The van der Waals surface area contributed by atoms with Gasteiger partial charge >= 0.3 is 5.97 Å². The molecular formula is C13H8O4S. The maximum absolute atomic E-state index is 11.5. The molecule has 0 saturated carbocycles. The molecule has 0 heterocycles. The normalized spacial score (nSPS) is 14.6. The highest BCUT2D eigenvalue weighted by Crippen LogP contribution is 2.31. The van der Waals surface area contributed by atoms with E-state index < -0.39 is 5.97 Å². The zero-order chi connectivity index (χ0) is 13.1. The number of benzene rings is 1. The van der Waals surface area contributed by atoms with Crippen LogP contribution in [0.15, 0.2) is 52.3 Å². The maximum atomic E-state index is 11.5. The van der Waals surface area contributed by atoms with E-state index in [-0.39, 0.29) is 22.0 Å². The second kappa shape index (κ2) is 5.01. The summed E-state index contributed by atoms with van der Waals surface area (Å²) >= 11 is 0.990. The molecular weight excluding hydrogens is 252 g/mol. The summed E-state index contributed by atoms with van der Waals surface area (Å²) in [5.41, 5.74) is 0.109. The molecule has 0 aliphatic heterocycles. The molecule has 0 fully saturated rings. The molecule has 1 aromatic rings. The molecule has 0 saturated heterocycles. The van der Waals surface area contributed by atoms with Crippen molar-refractivity contribution < 1.29 is 19.5 Å². The van der Waals surface area contributed by atoms with E-state index in [1.165, 1.54) is 24.3 Å². The van der Waals surface area contributed by atoms with Crippen molar-refractivity contribution in [2.75, 3.05) is 0 Å². The number of carbonyl (C=O) groups is 3. The Balaban J connectivity index is 2.33.